The third-order valence-corrected chi connectivity index (χ3v) is 5.08. The molecule has 1 aliphatic carbocycles. The maximum Gasteiger partial charge on any atom is 0.294 e. The van der Waals surface area contributed by atoms with E-state index < -0.39 is 42.2 Å². The van der Waals surface area contributed by atoms with E-state index in [1.54, 1.807) is 0 Å². The van der Waals surface area contributed by atoms with Gasteiger partial charge in [-0.05, 0) is 17.7 Å². The molecule has 1 atom stereocenters. The van der Waals surface area contributed by atoms with Crippen molar-refractivity contribution in [1.29, 1.82) is 0 Å². The van der Waals surface area contributed by atoms with Crippen LogP contribution in [-0.2, 0) is 26.7 Å². The summed E-state index contributed by atoms with van der Waals surface area (Å²) in [6.07, 6.45) is 1.70. The lowest BCUT2D eigenvalue weighted by atomic mass is 9.93. The number of fused-ring (bicyclic) bond motifs is 1. The Kier molecular flexibility index (Phi) is 3.19. The fraction of sp³-hybridized carbons (Fsp3) is 0.200. The predicted molar refractivity (Wildman–Crippen MR) is 69.1 cm³/mol. The van der Waals surface area contributed by atoms with Crippen LogP contribution in [0, 0.1) is 0 Å². The van der Waals surface area contributed by atoms with Crippen molar-refractivity contribution in [3.05, 3.63) is 29.3 Å². The standard InChI is InChI=1S/C10H11NO7S2/c11-10(20(16,17)18)2-1-6-3-7(19(13,14)15)4-9(12)8(6)5-10/h1-4,12H,5,11H2,(H,13,14,15)(H,16,17,18). The van der Waals surface area contributed by atoms with Gasteiger partial charge >= 0.3 is 0 Å². The van der Waals surface area contributed by atoms with E-state index in [2.05, 4.69) is 0 Å². The van der Waals surface area contributed by atoms with Gasteiger partial charge < -0.3 is 10.8 Å². The highest BCUT2D eigenvalue weighted by atomic mass is 32.2. The van der Waals surface area contributed by atoms with Crippen molar-refractivity contribution in [3.8, 4) is 5.75 Å². The molecule has 0 amide bonds. The Labute approximate surface area is 115 Å². The van der Waals surface area contributed by atoms with E-state index in [0.717, 1.165) is 24.3 Å². The summed E-state index contributed by atoms with van der Waals surface area (Å²) in [6.45, 7) is 0. The Hall–Kier alpha value is -1.46. The van der Waals surface area contributed by atoms with Gasteiger partial charge in [-0.25, -0.2) is 0 Å². The number of phenols is 1. The van der Waals surface area contributed by atoms with Crippen LogP contribution in [0.1, 0.15) is 11.1 Å². The molecule has 2 rings (SSSR count). The maximum atomic E-state index is 11.2. The molecule has 1 aliphatic rings. The van der Waals surface area contributed by atoms with Gasteiger partial charge in [0.1, 0.15) is 5.75 Å². The lowest BCUT2D eigenvalue weighted by Crippen LogP contribution is -2.48. The van der Waals surface area contributed by atoms with Crippen LogP contribution in [0.4, 0.5) is 0 Å². The molecular weight excluding hydrogens is 310 g/mol. The van der Waals surface area contributed by atoms with Crippen LogP contribution in [0.5, 0.6) is 5.75 Å². The van der Waals surface area contributed by atoms with Gasteiger partial charge in [0.25, 0.3) is 20.2 Å². The van der Waals surface area contributed by atoms with E-state index in [1.165, 1.54) is 0 Å². The first-order valence-corrected chi connectivity index (χ1v) is 8.10. The average Bonchev–Trinajstić information content (AvgIpc) is 2.27. The van der Waals surface area contributed by atoms with Crippen LogP contribution in [0.3, 0.4) is 0 Å². The Balaban J connectivity index is 2.63. The van der Waals surface area contributed by atoms with Crippen LogP contribution in [-0.4, -0.2) is 35.9 Å². The minimum absolute atomic E-state index is 0.0556. The molecule has 5 N–H and O–H groups in total. The number of phenolic OH excluding ortho intramolecular Hbond substituents is 1. The Morgan fingerprint density at radius 2 is 1.75 bits per heavy atom. The number of nitrogens with two attached hydrogens (primary N) is 1. The van der Waals surface area contributed by atoms with Gasteiger partial charge in [0.05, 0.1) is 4.90 Å². The molecule has 1 aromatic carbocycles. The smallest absolute Gasteiger partial charge is 0.294 e. The van der Waals surface area contributed by atoms with Crippen LogP contribution >= 0.6 is 0 Å². The van der Waals surface area contributed by atoms with Gasteiger partial charge in [-0.15, -0.1) is 0 Å². The molecule has 0 saturated carbocycles. The van der Waals surface area contributed by atoms with Crippen molar-refractivity contribution < 1.29 is 31.0 Å². The third kappa shape index (κ3) is 2.43. The van der Waals surface area contributed by atoms with E-state index in [0.29, 0.717) is 0 Å². The number of aromatic hydroxyl groups is 1. The zero-order valence-corrected chi connectivity index (χ0v) is 11.5. The molecule has 10 heteroatoms. The van der Waals surface area contributed by atoms with Gasteiger partial charge in [0.2, 0.25) is 0 Å². The normalized spacial score (nSPS) is 22.6. The Bertz CT molecular complexity index is 810. The Morgan fingerprint density at radius 3 is 2.25 bits per heavy atom. The van der Waals surface area contributed by atoms with Crippen molar-refractivity contribution in [3.63, 3.8) is 0 Å². The summed E-state index contributed by atoms with van der Waals surface area (Å²) in [4.78, 5) is -2.63. The minimum Gasteiger partial charge on any atom is -0.508 e. The summed E-state index contributed by atoms with van der Waals surface area (Å²) in [5.74, 6) is -0.544. The lowest BCUT2D eigenvalue weighted by Gasteiger charge is -2.27. The van der Waals surface area contributed by atoms with E-state index in [-0.39, 0.29) is 11.1 Å². The molecule has 8 nitrogen and oxygen atoms in total. The van der Waals surface area contributed by atoms with E-state index in [4.69, 9.17) is 14.8 Å². The second kappa shape index (κ2) is 4.27. The van der Waals surface area contributed by atoms with Gasteiger partial charge in [0, 0.05) is 18.1 Å². The topological polar surface area (TPSA) is 155 Å². The van der Waals surface area contributed by atoms with Crippen molar-refractivity contribution in [2.75, 3.05) is 0 Å². The van der Waals surface area contributed by atoms with Crippen LogP contribution in [0.25, 0.3) is 6.08 Å². The number of hydrogen-bond acceptors (Lipinski definition) is 6. The Morgan fingerprint density at radius 1 is 1.15 bits per heavy atom. The van der Waals surface area contributed by atoms with Crippen LogP contribution < -0.4 is 5.73 Å². The number of hydrogen-bond donors (Lipinski definition) is 4. The summed E-state index contributed by atoms with van der Waals surface area (Å²) in [5.41, 5.74) is 5.78. The molecule has 0 bridgehead atoms. The van der Waals surface area contributed by atoms with E-state index in [1.807, 2.05) is 0 Å². The SMILES string of the molecule is NC1(S(=O)(=O)O)C=Cc2cc(S(=O)(=O)O)cc(O)c2C1. The first-order chi connectivity index (χ1) is 8.94. The molecule has 0 fully saturated rings. The third-order valence-electron chi connectivity index (χ3n) is 3.01. The molecule has 0 heterocycles. The molecule has 0 spiro atoms. The zero-order chi connectivity index (χ0) is 15.3. The number of rotatable bonds is 2. The average molecular weight is 321 g/mol. The van der Waals surface area contributed by atoms with Crippen molar-refractivity contribution in [1.82, 2.24) is 0 Å². The van der Waals surface area contributed by atoms with Gasteiger partial charge in [0.15, 0.2) is 4.87 Å². The van der Waals surface area contributed by atoms with Gasteiger partial charge in [-0.3, -0.25) is 9.11 Å². The molecule has 0 saturated heterocycles. The highest BCUT2D eigenvalue weighted by Crippen LogP contribution is 2.35. The van der Waals surface area contributed by atoms with E-state index >= 15 is 0 Å². The molecule has 1 aromatic rings. The molecule has 110 valence electrons. The largest absolute Gasteiger partial charge is 0.508 e. The van der Waals surface area contributed by atoms with Crippen LogP contribution in [0.2, 0.25) is 0 Å². The van der Waals surface area contributed by atoms with Crippen molar-refractivity contribution >= 4 is 26.3 Å². The molecule has 0 aromatic heterocycles. The molecule has 1 unspecified atom stereocenters. The molecule has 0 radical (unpaired) electrons. The fourth-order valence-electron chi connectivity index (χ4n) is 1.89. The summed E-state index contributed by atoms with van der Waals surface area (Å²) < 4.78 is 62.5. The summed E-state index contributed by atoms with van der Waals surface area (Å²) in [7, 11) is -9.12. The van der Waals surface area contributed by atoms with Crippen molar-refractivity contribution in [2.45, 2.75) is 16.2 Å². The zero-order valence-electron chi connectivity index (χ0n) is 9.88. The van der Waals surface area contributed by atoms with Crippen LogP contribution in [0.15, 0.2) is 23.1 Å². The lowest BCUT2D eigenvalue weighted by molar-refractivity contribution is 0.436. The maximum absolute atomic E-state index is 11.2. The monoisotopic (exact) mass is 321 g/mol. The fourth-order valence-corrected chi connectivity index (χ4v) is 2.99. The molecular formula is C10H11NO7S2. The number of benzene rings is 1. The minimum atomic E-state index is -4.61. The second-order valence-corrected chi connectivity index (χ2v) is 7.56. The van der Waals surface area contributed by atoms with Gasteiger partial charge in [-0.2, -0.15) is 16.8 Å². The van der Waals surface area contributed by atoms with Crippen molar-refractivity contribution in [2.24, 2.45) is 5.73 Å². The highest BCUT2D eigenvalue weighted by Gasteiger charge is 2.40. The summed E-state index contributed by atoms with van der Waals surface area (Å²) >= 11 is 0. The predicted octanol–water partition coefficient (Wildman–Crippen LogP) is -0.249. The molecule has 20 heavy (non-hydrogen) atoms. The van der Waals surface area contributed by atoms with Gasteiger partial charge in [-0.1, -0.05) is 6.08 Å². The first-order valence-electron chi connectivity index (χ1n) is 5.22. The molecule has 0 aliphatic heterocycles. The quantitative estimate of drug-likeness (QED) is 0.543. The second-order valence-electron chi connectivity index (χ2n) is 4.43. The summed E-state index contributed by atoms with van der Waals surface area (Å²) in [6, 6.07) is 1.84. The first kappa shape index (κ1) is 14.9. The summed E-state index contributed by atoms with van der Waals surface area (Å²) in [5, 5.41) is 9.76. The van der Waals surface area contributed by atoms with E-state index in [9.17, 15) is 21.9 Å². The highest BCUT2D eigenvalue weighted by molar-refractivity contribution is 7.87.